The van der Waals surface area contributed by atoms with Gasteiger partial charge in [0.25, 0.3) is 0 Å². The summed E-state index contributed by atoms with van der Waals surface area (Å²) in [6.45, 7) is 2.20. The summed E-state index contributed by atoms with van der Waals surface area (Å²) in [4.78, 5) is 0. The summed E-state index contributed by atoms with van der Waals surface area (Å²) in [5, 5.41) is 0.883. The summed E-state index contributed by atoms with van der Waals surface area (Å²) in [5.41, 5.74) is 0. The van der Waals surface area contributed by atoms with Crippen molar-refractivity contribution >= 4 is 27.7 Å². The Hall–Kier alpha value is -0.570. The maximum absolute atomic E-state index is 3.30. The summed E-state index contributed by atoms with van der Waals surface area (Å²) in [6, 6.07) is 0. The lowest BCUT2D eigenvalue weighted by molar-refractivity contribution is 0.737. The predicted molar refractivity (Wildman–Crippen MR) is 104 cm³/mol. The third kappa shape index (κ3) is 19.4. The van der Waals surface area contributed by atoms with E-state index in [-0.39, 0.29) is 0 Å². The first-order valence-corrected chi connectivity index (χ1v) is 10.3. The van der Waals surface area contributed by atoms with Crippen molar-refractivity contribution in [1.82, 2.24) is 0 Å². The van der Waals surface area contributed by atoms with Crippen LogP contribution >= 0.6 is 15.9 Å². The molecule has 0 aromatic heterocycles. The van der Waals surface area contributed by atoms with E-state index in [1.807, 2.05) is 24.3 Å². The molecule has 1 heterocycles. The highest BCUT2D eigenvalue weighted by atomic mass is 79.9. The monoisotopic (exact) mass is 367 g/mol. The zero-order valence-electron chi connectivity index (χ0n) is 13.2. The molecule has 0 unspecified atom stereocenters. The lowest BCUT2D eigenvalue weighted by atomic mass is 10.2. The summed E-state index contributed by atoms with van der Waals surface area (Å²) >= 11 is 4.99. The van der Waals surface area contributed by atoms with Crippen molar-refractivity contribution in [2.75, 3.05) is 16.8 Å². The average Bonchev–Trinajstić information content (AvgIpc) is 3.08. The maximum atomic E-state index is 3.30. The maximum Gasteiger partial charge on any atom is 0.106 e. The predicted octanol–water partition coefficient (Wildman–Crippen LogP) is 5.07. The van der Waals surface area contributed by atoms with Gasteiger partial charge in [-0.2, -0.15) is 0 Å². The van der Waals surface area contributed by atoms with Crippen molar-refractivity contribution in [3.8, 4) is 23.7 Å². The third-order valence-corrected chi connectivity index (χ3v) is 4.35. The number of hydrogen-bond donors (Lipinski definition) is 0. The van der Waals surface area contributed by atoms with Crippen LogP contribution in [0.5, 0.6) is 0 Å². The second-order valence-electron chi connectivity index (χ2n) is 4.63. The Morgan fingerprint density at radius 3 is 2.48 bits per heavy atom. The lowest BCUT2D eigenvalue weighted by Gasteiger charge is -1.87. The van der Waals surface area contributed by atoms with Gasteiger partial charge in [-0.1, -0.05) is 71.7 Å². The Kier molecular flexibility index (Phi) is 18.9. The van der Waals surface area contributed by atoms with E-state index in [4.69, 9.17) is 0 Å². The molecule has 0 nitrogen and oxygen atoms in total. The van der Waals surface area contributed by atoms with Crippen LogP contribution in [0, 0.1) is 23.7 Å². The van der Waals surface area contributed by atoms with Crippen molar-refractivity contribution in [3.05, 3.63) is 24.3 Å². The largest absolute Gasteiger partial charge is 0.106 e. The number of unbranched alkanes of at least 4 members (excludes halogenated alkanes) is 3. The van der Waals surface area contributed by atoms with Crippen molar-refractivity contribution in [3.63, 3.8) is 0 Å². The lowest BCUT2D eigenvalue weighted by Crippen LogP contribution is -1.72. The second kappa shape index (κ2) is 19.4. The Morgan fingerprint density at radius 2 is 1.86 bits per heavy atom. The van der Waals surface area contributed by atoms with Gasteiger partial charge in [0.2, 0.25) is 0 Å². The minimum atomic E-state index is 0.679. The fourth-order valence-corrected chi connectivity index (χ4v) is 2.89. The SMILES string of the molecule is C1CC[SH+]C1.CCCCCC#CCC#C/C=C/C=C/CBr. The molecule has 1 saturated heterocycles. The average molecular weight is 368 g/mol. The Bertz CT molecular complexity index is 376. The van der Waals surface area contributed by atoms with Gasteiger partial charge in [-0.25, -0.2) is 0 Å². The molecule has 0 N–H and O–H groups in total. The van der Waals surface area contributed by atoms with Crippen LogP contribution in [0.2, 0.25) is 0 Å². The van der Waals surface area contributed by atoms with E-state index in [1.165, 1.54) is 43.6 Å². The summed E-state index contributed by atoms with van der Waals surface area (Å²) in [6.07, 6.45) is 16.2. The standard InChI is InChI=1S/C15H19Br.C4H8S/c1-2-3-4-5-6-7-8-9-10-11-12-13-14-15-16;1-2-4-5-3-1/h11-14H,2-5,8,15H2,1H3;1-4H2/p+1/b12-11+,14-13+;. The van der Waals surface area contributed by atoms with E-state index >= 15 is 0 Å². The zero-order chi connectivity index (χ0) is 15.4. The van der Waals surface area contributed by atoms with Crippen molar-refractivity contribution < 1.29 is 0 Å². The molecule has 21 heavy (non-hydrogen) atoms. The van der Waals surface area contributed by atoms with Gasteiger partial charge in [-0.05, 0) is 37.1 Å². The molecule has 0 amide bonds. The molecule has 0 aromatic rings. The van der Waals surface area contributed by atoms with Crippen LogP contribution in [-0.2, 0) is 11.8 Å². The molecule has 0 bridgehead atoms. The molecule has 0 aromatic carbocycles. The Balaban J connectivity index is 0.000000662. The molecule has 0 spiro atoms. The number of thiol groups is 1. The van der Waals surface area contributed by atoms with E-state index in [1.54, 1.807) is 11.8 Å². The first-order chi connectivity index (χ1) is 10.4. The Morgan fingerprint density at radius 1 is 1.05 bits per heavy atom. The molecule has 2 heteroatoms. The smallest absolute Gasteiger partial charge is 0.102 e. The van der Waals surface area contributed by atoms with Gasteiger partial charge in [0.1, 0.15) is 11.5 Å². The van der Waals surface area contributed by atoms with Crippen LogP contribution in [-0.4, -0.2) is 16.8 Å². The number of allylic oxidation sites excluding steroid dienone is 4. The highest BCUT2D eigenvalue weighted by molar-refractivity contribution is 9.09. The van der Waals surface area contributed by atoms with Crippen molar-refractivity contribution in [1.29, 1.82) is 0 Å². The van der Waals surface area contributed by atoms with Crippen LogP contribution < -0.4 is 0 Å². The second-order valence-corrected chi connectivity index (χ2v) is 6.62. The fourth-order valence-electron chi connectivity index (χ4n) is 1.56. The van der Waals surface area contributed by atoms with E-state index < -0.39 is 0 Å². The highest BCUT2D eigenvalue weighted by Crippen LogP contribution is 1.99. The number of halogens is 1. The molecule has 1 rings (SSSR count). The number of alkyl halides is 1. The minimum Gasteiger partial charge on any atom is -0.102 e. The van der Waals surface area contributed by atoms with Crippen LogP contribution in [0.3, 0.4) is 0 Å². The Labute approximate surface area is 144 Å². The topological polar surface area (TPSA) is 0 Å². The molecular weight excluding hydrogens is 340 g/mol. The van der Waals surface area contributed by atoms with Crippen LogP contribution in [0.1, 0.15) is 51.9 Å². The summed E-state index contributed by atoms with van der Waals surface area (Å²) < 4.78 is 0. The normalized spacial score (nSPS) is 13.2. The first-order valence-electron chi connectivity index (χ1n) is 7.86. The molecule has 1 aliphatic heterocycles. The third-order valence-electron chi connectivity index (χ3n) is 2.71. The van der Waals surface area contributed by atoms with E-state index in [0.29, 0.717) is 6.42 Å². The van der Waals surface area contributed by atoms with Gasteiger partial charge >= 0.3 is 0 Å². The number of hydrogen-bond acceptors (Lipinski definition) is 0. The highest BCUT2D eigenvalue weighted by Gasteiger charge is 2.04. The van der Waals surface area contributed by atoms with Gasteiger partial charge in [0.05, 0.1) is 6.42 Å². The minimum absolute atomic E-state index is 0.679. The van der Waals surface area contributed by atoms with Gasteiger partial charge in [0.15, 0.2) is 0 Å². The van der Waals surface area contributed by atoms with Gasteiger partial charge in [-0.15, -0.1) is 5.92 Å². The zero-order valence-corrected chi connectivity index (χ0v) is 15.7. The molecule has 116 valence electrons. The van der Waals surface area contributed by atoms with E-state index in [9.17, 15) is 0 Å². The van der Waals surface area contributed by atoms with Crippen molar-refractivity contribution in [2.24, 2.45) is 0 Å². The van der Waals surface area contributed by atoms with Gasteiger partial charge in [-0.3, -0.25) is 0 Å². The first kappa shape index (κ1) is 20.4. The molecule has 0 saturated carbocycles. The van der Waals surface area contributed by atoms with Crippen LogP contribution in [0.25, 0.3) is 0 Å². The van der Waals surface area contributed by atoms with Gasteiger partial charge < -0.3 is 0 Å². The molecule has 0 aliphatic carbocycles. The fraction of sp³-hybridized carbons (Fsp3) is 0.579. The summed E-state index contributed by atoms with van der Waals surface area (Å²) in [5.74, 6) is 15.1. The van der Waals surface area contributed by atoms with Crippen LogP contribution in [0.15, 0.2) is 24.3 Å². The molecule has 0 radical (unpaired) electrons. The molecule has 0 atom stereocenters. The molecule has 1 aliphatic rings. The van der Waals surface area contributed by atoms with E-state index in [0.717, 1.165) is 11.8 Å². The van der Waals surface area contributed by atoms with Gasteiger partial charge in [0, 0.05) is 11.8 Å². The van der Waals surface area contributed by atoms with Crippen molar-refractivity contribution in [2.45, 2.75) is 51.9 Å². The molecular formula is C19H28BrS+. The quantitative estimate of drug-likeness (QED) is 0.159. The molecule has 1 fully saturated rings. The van der Waals surface area contributed by atoms with Crippen LogP contribution in [0.4, 0.5) is 0 Å². The van der Waals surface area contributed by atoms with E-state index in [2.05, 4.69) is 46.5 Å². The summed E-state index contributed by atoms with van der Waals surface area (Å²) in [7, 11) is 0. The number of rotatable bonds is 5.